The number of imide groups is 1. The van der Waals surface area contributed by atoms with Crippen molar-refractivity contribution in [2.24, 2.45) is 0 Å². The smallest absolute Gasteiger partial charge is 0.345 e. The van der Waals surface area contributed by atoms with Crippen molar-refractivity contribution >= 4 is 34.9 Å². The molecule has 1 fully saturated rings. The van der Waals surface area contributed by atoms with E-state index in [-0.39, 0.29) is 13.3 Å². The van der Waals surface area contributed by atoms with Crippen LogP contribution in [0.3, 0.4) is 0 Å². The first-order valence-electron chi connectivity index (χ1n) is 10.6. The number of carboxylic acid groups (broad SMARTS) is 1. The fourth-order valence-corrected chi connectivity index (χ4v) is 4.66. The number of aliphatic hydroxyl groups is 1. The number of nitrogens with one attached hydrogen (secondary N) is 1. The Morgan fingerprint density at radius 2 is 1.84 bits per heavy atom. The summed E-state index contributed by atoms with van der Waals surface area (Å²) in [7, 11) is 0. The molecule has 1 aliphatic heterocycles. The van der Waals surface area contributed by atoms with Gasteiger partial charge >= 0.3 is 12.0 Å². The number of carbonyl (C=O) groups is 3. The predicted molar refractivity (Wildman–Crippen MR) is 126 cm³/mol. The number of aliphatic hydroxyl groups excluding tert-OH is 1. The van der Waals surface area contributed by atoms with Crippen LogP contribution >= 0.6 is 11.3 Å². The molecule has 2 atom stereocenters. The number of urea groups is 1. The molecule has 174 valence electrons. The number of anilines is 1. The summed E-state index contributed by atoms with van der Waals surface area (Å²) in [4.78, 5) is 38.4. The Morgan fingerprint density at radius 1 is 1.12 bits per heavy atom. The lowest BCUT2D eigenvalue weighted by atomic mass is 10.0. The number of unbranched alkanes of at least 4 members (excludes halogenated alkanes) is 2. The molecule has 8 heteroatoms. The van der Waals surface area contributed by atoms with Crippen molar-refractivity contribution in [3.63, 3.8) is 0 Å². The third kappa shape index (κ3) is 6.17. The van der Waals surface area contributed by atoms with Crippen molar-refractivity contribution in [1.82, 2.24) is 5.32 Å². The van der Waals surface area contributed by atoms with Gasteiger partial charge in [0.25, 0.3) is 5.91 Å². The molecule has 0 bridgehead atoms. The first kappa shape index (κ1) is 25.5. The van der Waals surface area contributed by atoms with Crippen LogP contribution in [0, 0.1) is 0 Å². The van der Waals surface area contributed by atoms with Crippen LogP contribution in [0.15, 0.2) is 36.4 Å². The van der Waals surface area contributed by atoms with E-state index in [1.807, 2.05) is 0 Å². The normalized spacial score (nSPS) is 16.6. The highest BCUT2D eigenvalue weighted by Crippen LogP contribution is 2.28. The quantitative estimate of drug-likeness (QED) is 0.318. The Balaban J connectivity index is 0.00000363. The molecular formula is C24H32N2O5S. The molecular weight excluding hydrogens is 428 g/mol. The van der Waals surface area contributed by atoms with Crippen molar-refractivity contribution in [3.8, 4) is 0 Å². The minimum atomic E-state index is -0.942. The minimum Gasteiger partial charge on any atom is -0.477 e. The number of carbonyl (C=O) groups excluding carboxylic acids is 2. The van der Waals surface area contributed by atoms with E-state index in [1.54, 1.807) is 36.4 Å². The maximum Gasteiger partial charge on any atom is 0.345 e. The number of hydrogen-bond donors (Lipinski definition) is 3. The Bertz CT molecular complexity index is 925. The Hall–Kier alpha value is -2.71. The topological polar surface area (TPSA) is 107 Å². The second-order valence-electron chi connectivity index (χ2n) is 7.75. The van der Waals surface area contributed by atoms with Crippen LogP contribution in [0.25, 0.3) is 0 Å². The average Bonchev–Trinajstić information content (AvgIpc) is 3.33. The number of thiophene rings is 1. The monoisotopic (exact) mass is 460 g/mol. The van der Waals surface area contributed by atoms with Crippen molar-refractivity contribution in [2.75, 3.05) is 4.90 Å². The van der Waals surface area contributed by atoms with E-state index < -0.39 is 24.1 Å². The number of aryl methyl sites for hydroxylation is 1. The minimum absolute atomic E-state index is 0. The molecule has 0 radical (unpaired) electrons. The standard InChI is InChI=1S/C23H28N2O5S.CH4/c1-2-3-4-8-19(26)15-9-11-16(12-10-15)25-18(21(27)24-23(25)30)7-5-6-17-13-14-20(31-17)22(28)29;/h9-14,18-19,26H,2-8H2,1H3,(H,28,29)(H,24,27,30);1H4/t18-,19+;/m1./s1. The van der Waals surface area contributed by atoms with Gasteiger partial charge in [-0.2, -0.15) is 0 Å². The summed E-state index contributed by atoms with van der Waals surface area (Å²) in [5, 5.41) is 21.7. The lowest BCUT2D eigenvalue weighted by Crippen LogP contribution is -2.35. The zero-order valence-electron chi connectivity index (χ0n) is 17.5. The Morgan fingerprint density at radius 3 is 2.47 bits per heavy atom. The van der Waals surface area contributed by atoms with E-state index in [9.17, 15) is 19.5 Å². The van der Waals surface area contributed by atoms with Crippen LogP contribution in [0.1, 0.15) is 79.1 Å². The van der Waals surface area contributed by atoms with E-state index >= 15 is 0 Å². The SMILES string of the molecule is C.CCCCC[C@H](O)c1ccc(N2C(=O)NC(=O)[C@H]2CCCc2ccc(C(=O)O)s2)cc1. The molecule has 3 amide bonds. The molecule has 0 unspecified atom stereocenters. The molecule has 1 saturated heterocycles. The van der Waals surface area contributed by atoms with Crippen molar-refractivity contribution in [2.45, 2.75) is 71.4 Å². The van der Waals surface area contributed by atoms with Crippen LogP contribution in [0.2, 0.25) is 0 Å². The second kappa shape index (κ2) is 11.8. The second-order valence-corrected chi connectivity index (χ2v) is 8.91. The summed E-state index contributed by atoms with van der Waals surface area (Å²) < 4.78 is 0. The summed E-state index contributed by atoms with van der Waals surface area (Å²) in [5.41, 5.74) is 1.41. The Labute approximate surface area is 193 Å². The fraction of sp³-hybridized carbons (Fsp3) is 0.458. The number of benzene rings is 1. The molecule has 1 aromatic carbocycles. The third-order valence-corrected chi connectivity index (χ3v) is 6.61. The van der Waals surface area contributed by atoms with Gasteiger partial charge in [-0.25, -0.2) is 9.59 Å². The molecule has 2 aromatic rings. The number of aromatic carboxylic acids is 1. The van der Waals surface area contributed by atoms with E-state index in [1.165, 1.54) is 16.2 Å². The number of amides is 3. The average molecular weight is 461 g/mol. The van der Waals surface area contributed by atoms with Gasteiger partial charge in [-0.15, -0.1) is 11.3 Å². The van der Waals surface area contributed by atoms with Gasteiger partial charge in [-0.3, -0.25) is 15.0 Å². The van der Waals surface area contributed by atoms with Gasteiger partial charge in [0.2, 0.25) is 0 Å². The number of nitrogens with zero attached hydrogens (tertiary/aromatic N) is 1. The molecule has 32 heavy (non-hydrogen) atoms. The van der Waals surface area contributed by atoms with Crippen LogP contribution in [0.4, 0.5) is 10.5 Å². The number of carboxylic acids is 1. The highest BCUT2D eigenvalue weighted by Gasteiger charge is 2.38. The lowest BCUT2D eigenvalue weighted by molar-refractivity contribution is -0.120. The molecule has 3 N–H and O–H groups in total. The summed E-state index contributed by atoms with van der Waals surface area (Å²) in [6.45, 7) is 2.12. The molecule has 0 aliphatic carbocycles. The van der Waals surface area contributed by atoms with Gasteiger partial charge < -0.3 is 10.2 Å². The van der Waals surface area contributed by atoms with Crippen LogP contribution in [0.5, 0.6) is 0 Å². The molecule has 0 saturated carbocycles. The molecule has 1 aliphatic rings. The zero-order chi connectivity index (χ0) is 22.4. The molecule has 0 spiro atoms. The Kier molecular flexibility index (Phi) is 9.41. The first-order valence-corrected chi connectivity index (χ1v) is 11.5. The molecule has 3 rings (SSSR count). The largest absolute Gasteiger partial charge is 0.477 e. The van der Waals surface area contributed by atoms with Crippen LogP contribution in [-0.4, -0.2) is 34.2 Å². The predicted octanol–water partition coefficient (Wildman–Crippen LogP) is 5.14. The number of hydrogen-bond acceptors (Lipinski definition) is 5. The van der Waals surface area contributed by atoms with Gasteiger partial charge in [0, 0.05) is 10.6 Å². The van der Waals surface area contributed by atoms with Gasteiger partial charge in [0.05, 0.1) is 6.10 Å². The van der Waals surface area contributed by atoms with Crippen molar-refractivity contribution in [1.29, 1.82) is 0 Å². The molecule has 2 heterocycles. The van der Waals surface area contributed by atoms with Crippen molar-refractivity contribution in [3.05, 3.63) is 51.7 Å². The summed E-state index contributed by atoms with van der Waals surface area (Å²) in [6.07, 6.45) is 5.07. The van der Waals surface area contributed by atoms with Gasteiger partial charge in [0.1, 0.15) is 10.9 Å². The van der Waals surface area contributed by atoms with E-state index in [4.69, 9.17) is 5.11 Å². The van der Waals surface area contributed by atoms with Gasteiger partial charge in [-0.1, -0.05) is 45.7 Å². The van der Waals surface area contributed by atoms with Gasteiger partial charge in [-0.05, 0) is 55.5 Å². The summed E-state index contributed by atoms with van der Waals surface area (Å²) in [6, 6.07) is 9.46. The van der Waals surface area contributed by atoms with E-state index in [2.05, 4.69) is 12.2 Å². The molecule has 1 aromatic heterocycles. The number of rotatable bonds is 11. The zero-order valence-corrected chi connectivity index (χ0v) is 18.4. The van der Waals surface area contributed by atoms with Crippen LogP contribution < -0.4 is 10.2 Å². The fourth-order valence-electron chi connectivity index (χ4n) is 3.77. The summed E-state index contributed by atoms with van der Waals surface area (Å²) in [5.74, 6) is -1.27. The van der Waals surface area contributed by atoms with Gasteiger partial charge in [0.15, 0.2) is 0 Å². The third-order valence-electron chi connectivity index (χ3n) is 5.47. The molecule has 7 nitrogen and oxygen atoms in total. The highest BCUT2D eigenvalue weighted by atomic mass is 32.1. The summed E-state index contributed by atoms with van der Waals surface area (Å²) >= 11 is 1.23. The highest BCUT2D eigenvalue weighted by molar-refractivity contribution is 7.13. The van der Waals surface area contributed by atoms with E-state index in [0.29, 0.717) is 36.2 Å². The van der Waals surface area contributed by atoms with E-state index in [0.717, 1.165) is 29.7 Å². The van der Waals surface area contributed by atoms with Crippen LogP contribution in [-0.2, 0) is 11.2 Å². The maximum atomic E-state index is 12.4. The maximum absolute atomic E-state index is 12.4. The first-order chi connectivity index (χ1) is 14.9. The lowest BCUT2D eigenvalue weighted by Gasteiger charge is -2.22. The van der Waals surface area contributed by atoms with Crippen molar-refractivity contribution < 1.29 is 24.6 Å².